The van der Waals surface area contributed by atoms with E-state index in [0.29, 0.717) is 12.5 Å². The molecule has 0 atom stereocenters. The van der Waals surface area contributed by atoms with Crippen LogP contribution in [-0.2, 0) is 4.74 Å². The van der Waals surface area contributed by atoms with E-state index in [1.807, 2.05) is 38.1 Å². The largest absolute Gasteiger partial charge is 0.481 e. The number of aliphatic imine (C=N–C) groups is 1. The molecule has 0 aliphatic heterocycles. The smallest absolute Gasteiger partial charge is 0.185 e. The first-order chi connectivity index (χ1) is 6.22. The van der Waals surface area contributed by atoms with Gasteiger partial charge in [-0.3, -0.25) is 0 Å². The van der Waals surface area contributed by atoms with Crippen molar-refractivity contribution >= 4 is 11.6 Å². The highest BCUT2D eigenvalue weighted by Crippen LogP contribution is 2.12. The van der Waals surface area contributed by atoms with Gasteiger partial charge in [-0.2, -0.15) is 0 Å². The Morgan fingerprint density at radius 1 is 1.31 bits per heavy atom. The van der Waals surface area contributed by atoms with Crippen LogP contribution >= 0.6 is 0 Å². The summed E-state index contributed by atoms with van der Waals surface area (Å²) in [5.74, 6) is 0.714. The molecule has 0 heterocycles. The van der Waals surface area contributed by atoms with E-state index in [0.717, 1.165) is 5.69 Å². The van der Waals surface area contributed by atoms with E-state index in [2.05, 4.69) is 11.9 Å². The molecule has 0 unspecified atom stereocenters. The van der Waals surface area contributed by atoms with Crippen LogP contribution in [0.25, 0.3) is 0 Å². The number of hydrogen-bond donors (Lipinski definition) is 0. The molecule has 2 nitrogen and oxygen atoms in total. The minimum atomic E-state index is 0.668. The zero-order valence-corrected chi connectivity index (χ0v) is 8.37. The summed E-state index contributed by atoms with van der Waals surface area (Å²) in [4.78, 5) is 4.28. The summed E-state index contributed by atoms with van der Waals surface area (Å²) in [6.45, 7) is 6.54. The molecule has 0 fully saturated rings. The minimum absolute atomic E-state index is 0.668. The topological polar surface area (TPSA) is 21.6 Å². The molecular formula is C11H15NO. The number of rotatable bonds is 2. The van der Waals surface area contributed by atoms with Gasteiger partial charge in [-0.25, -0.2) is 4.99 Å². The van der Waals surface area contributed by atoms with Crippen molar-refractivity contribution in [3.8, 4) is 0 Å². The Kier molecular flexibility index (Phi) is 3.50. The number of ether oxygens (including phenoxy) is 1. The Hall–Kier alpha value is -1.31. The van der Waals surface area contributed by atoms with Crippen LogP contribution in [0.15, 0.2) is 29.3 Å². The molecule has 0 aromatic heterocycles. The molecule has 1 aromatic carbocycles. The van der Waals surface area contributed by atoms with Gasteiger partial charge < -0.3 is 4.74 Å². The van der Waals surface area contributed by atoms with Crippen LogP contribution in [-0.4, -0.2) is 12.5 Å². The highest BCUT2D eigenvalue weighted by Gasteiger charge is 1.91. The van der Waals surface area contributed by atoms with Gasteiger partial charge >= 0.3 is 0 Å². The zero-order valence-electron chi connectivity index (χ0n) is 8.37. The average Bonchev–Trinajstić information content (AvgIpc) is 2.09. The second-order valence-electron chi connectivity index (χ2n) is 2.90. The molecule has 0 radical (unpaired) electrons. The molecule has 0 N–H and O–H groups in total. The first-order valence-electron chi connectivity index (χ1n) is 4.47. The molecule has 2 heteroatoms. The highest BCUT2D eigenvalue weighted by molar-refractivity contribution is 5.76. The molecule has 1 aromatic rings. The summed E-state index contributed by atoms with van der Waals surface area (Å²) < 4.78 is 5.23. The van der Waals surface area contributed by atoms with Crippen molar-refractivity contribution in [3.05, 3.63) is 29.8 Å². The van der Waals surface area contributed by atoms with E-state index in [4.69, 9.17) is 4.74 Å². The third kappa shape index (κ3) is 3.28. The molecule has 0 bridgehead atoms. The van der Waals surface area contributed by atoms with Gasteiger partial charge in [0, 0.05) is 6.92 Å². The molecule has 0 saturated carbocycles. The Morgan fingerprint density at radius 3 is 2.46 bits per heavy atom. The van der Waals surface area contributed by atoms with Gasteiger partial charge in [0.2, 0.25) is 0 Å². The standard InChI is InChI=1S/C11H15NO/c1-4-13-10(3)12-11-7-5-9(2)6-8-11/h5-8H,4H2,1-3H3. The van der Waals surface area contributed by atoms with Gasteiger partial charge in [-0.05, 0) is 26.0 Å². The van der Waals surface area contributed by atoms with Crippen LogP contribution in [0.5, 0.6) is 0 Å². The van der Waals surface area contributed by atoms with Crippen LogP contribution < -0.4 is 0 Å². The maximum atomic E-state index is 5.23. The SMILES string of the molecule is CCOC(C)=Nc1ccc(C)cc1. The number of nitrogens with zero attached hydrogens (tertiary/aromatic N) is 1. The summed E-state index contributed by atoms with van der Waals surface area (Å²) in [6, 6.07) is 8.05. The fraction of sp³-hybridized carbons (Fsp3) is 0.364. The Balaban J connectivity index is 2.73. The van der Waals surface area contributed by atoms with Crippen molar-refractivity contribution in [3.63, 3.8) is 0 Å². The van der Waals surface area contributed by atoms with Crippen molar-refractivity contribution < 1.29 is 4.74 Å². The number of benzene rings is 1. The van der Waals surface area contributed by atoms with E-state index in [1.54, 1.807) is 0 Å². The van der Waals surface area contributed by atoms with Crippen molar-refractivity contribution in [1.82, 2.24) is 0 Å². The van der Waals surface area contributed by atoms with Crippen LogP contribution in [0.3, 0.4) is 0 Å². The lowest BCUT2D eigenvalue weighted by Gasteiger charge is -2.01. The average molecular weight is 177 g/mol. The van der Waals surface area contributed by atoms with Crippen LogP contribution in [0, 0.1) is 6.92 Å². The van der Waals surface area contributed by atoms with E-state index in [1.165, 1.54) is 5.56 Å². The maximum Gasteiger partial charge on any atom is 0.185 e. The quantitative estimate of drug-likeness (QED) is 0.502. The summed E-state index contributed by atoms with van der Waals surface area (Å²) in [6.07, 6.45) is 0. The van der Waals surface area contributed by atoms with Crippen molar-refractivity contribution in [1.29, 1.82) is 0 Å². The summed E-state index contributed by atoms with van der Waals surface area (Å²) in [7, 11) is 0. The van der Waals surface area contributed by atoms with Gasteiger partial charge in [0.15, 0.2) is 5.90 Å². The van der Waals surface area contributed by atoms with E-state index >= 15 is 0 Å². The molecule has 13 heavy (non-hydrogen) atoms. The third-order valence-corrected chi connectivity index (χ3v) is 1.67. The zero-order chi connectivity index (χ0) is 9.68. The minimum Gasteiger partial charge on any atom is -0.481 e. The number of aryl methyl sites for hydroxylation is 1. The fourth-order valence-corrected chi connectivity index (χ4v) is 1.04. The van der Waals surface area contributed by atoms with E-state index < -0.39 is 0 Å². The molecule has 70 valence electrons. The van der Waals surface area contributed by atoms with Crippen LogP contribution in [0.1, 0.15) is 19.4 Å². The van der Waals surface area contributed by atoms with Crippen molar-refractivity contribution in [2.75, 3.05) is 6.61 Å². The van der Waals surface area contributed by atoms with E-state index in [9.17, 15) is 0 Å². The van der Waals surface area contributed by atoms with Crippen LogP contribution in [0.4, 0.5) is 5.69 Å². The van der Waals surface area contributed by atoms with Gasteiger partial charge in [0.05, 0.1) is 12.3 Å². The first kappa shape index (κ1) is 9.78. The van der Waals surface area contributed by atoms with Gasteiger partial charge in [0.25, 0.3) is 0 Å². The highest BCUT2D eigenvalue weighted by atomic mass is 16.5. The second kappa shape index (κ2) is 4.65. The van der Waals surface area contributed by atoms with Crippen molar-refractivity contribution in [2.45, 2.75) is 20.8 Å². The molecule has 0 spiro atoms. The van der Waals surface area contributed by atoms with Gasteiger partial charge in [-0.15, -0.1) is 0 Å². The van der Waals surface area contributed by atoms with Crippen molar-refractivity contribution in [2.24, 2.45) is 4.99 Å². The number of hydrogen-bond acceptors (Lipinski definition) is 2. The Labute approximate surface area is 79.3 Å². The lowest BCUT2D eigenvalue weighted by atomic mass is 10.2. The lowest BCUT2D eigenvalue weighted by Crippen LogP contribution is -1.97. The fourth-order valence-electron chi connectivity index (χ4n) is 1.04. The Bertz CT molecular complexity index is 287. The summed E-state index contributed by atoms with van der Waals surface area (Å²) in [5, 5.41) is 0. The predicted molar refractivity (Wildman–Crippen MR) is 55.6 cm³/mol. The van der Waals surface area contributed by atoms with Gasteiger partial charge in [0.1, 0.15) is 0 Å². The first-order valence-corrected chi connectivity index (χ1v) is 4.47. The molecule has 0 aliphatic rings. The van der Waals surface area contributed by atoms with Gasteiger partial charge in [-0.1, -0.05) is 17.7 Å². The molecule has 0 amide bonds. The predicted octanol–water partition coefficient (Wildman–Crippen LogP) is 3.08. The van der Waals surface area contributed by atoms with Crippen LogP contribution in [0.2, 0.25) is 0 Å². The normalized spacial score (nSPS) is 11.5. The van der Waals surface area contributed by atoms with E-state index in [-0.39, 0.29) is 0 Å². The summed E-state index contributed by atoms with van der Waals surface area (Å²) >= 11 is 0. The summed E-state index contributed by atoms with van der Waals surface area (Å²) in [5.41, 5.74) is 2.18. The Morgan fingerprint density at radius 2 is 1.92 bits per heavy atom. The lowest BCUT2D eigenvalue weighted by molar-refractivity contribution is 0.325. The second-order valence-corrected chi connectivity index (χ2v) is 2.90. The monoisotopic (exact) mass is 177 g/mol. The maximum absolute atomic E-state index is 5.23. The third-order valence-electron chi connectivity index (χ3n) is 1.67. The molecular weight excluding hydrogens is 162 g/mol. The molecule has 0 aliphatic carbocycles. The molecule has 0 saturated heterocycles. The molecule has 1 rings (SSSR count).